The summed E-state index contributed by atoms with van der Waals surface area (Å²) >= 11 is 1.60. The van der Waals surface area contributed by atoms with Crippen LogP contribution in [0.4, 0.5) is 0 Å². The first-order chi connectivity index (χ1) is 16.2. The molecule has 0 N–H and O–H groups in total. The molecule has 0 saturated heterocycles. The molecule has 0 fully saturated rings. The van der Waals surface area contributed by atoms with Gasteiger partial charge in [-0.25, -0.2) is 0 Å². The fourth-order valence-electron chi connectivity index (χ4n) is 3.63. The predicted molar refractivity (Wildman–Crippen MR) is 136 cm³/mol. The predicted octanol–water partition coefficient (Wildman–Crippen LogP) is 5.88. The molecule has 34 heavy (non-hydrogen) atoms. The number of rotatable bonds is 7. The van der Waals surface area contributed by atoms with Gasteiger partial charge in [-0.2, -0.15) is 0 Å². The number of benzene rings is 2. The summed E-state index contributed by atoms with van der Waals surface area (Å²) in [4.78, 5) is 13.9. The molecule has 6 nitrogen and oxygen atoms in total. The lowest BCUT2D eigenvalue weighted by molar-refractivity contribution is 0.0827. The fourth-order valence-corrected chi connectivity index (χ4v) is 4.51. The van der Waals surface area contributed by atoms with E-state index in [4.69, 9.17) is 4.42 Å². The highest BCUT2D eigenvalue weighted by Crippen LogP contribution is 2.30. The number of hydrogen-bond donors (Lipinski definition) is 0. The molecule has 2 aromatic heterocycles. The van der Waals surface area contributed by atoms with Gasteiger partial charge in [0.25, 0.3) is 5.91 Å². The highest BCUT2D eigenvalue weighted by Gasteiger charge is 2.18. The van der Waals surface area contributed by atoms with Crippen LogP contribution in [0, 0.1) is 0 Å². The summed E-state index contributed by atoms with van der Waals surface area (Å²) in [5, 5.41) is 9.84. The van der Waals surface area contributed by atoms with E-state index < -0.39 is 0 Å². The summed E-state index contributed by atoms with van der Waals surface area (Å²) in [5.74, 6) is 2.31. The lowest BCUT2D eigenvalue weighted by Gasteiger charge is -2.19. The van der Waals surface area contributed by atoms with Crippen LogP contribution in [0.2, 0.25) is 0 Å². The zero-order valence-electron chi connectivity index (χ0n) is 20.3. The maximum Gasteiger partial charge on any atom is 0.253 e. The number of amides is 1. The van der Waals surface area contributed by atoms with Gasteiger partial charge in [-0.1, -0.05) is 68.9 Å². The molecular formula is C27H30N4O2S. The van der Waals surface area contributed by atoms with Gasteiger partial charge < -0.3 is 9.32 Å². The van der Waals surface area contributed by atoms with Crippen molar-refractivity contribution in [2.24, 2.45) is 0 Å². The molecule has 0 unspecified atom stereocenters. The fraction of sp³-hybridized carbons (Fsp3) is 0.296. The van der Waals surface area contributed by atoms with Crippen LogP contribution >= 0.6 is 11.8 Å². The first-order valence-corrected chi connectivity index (χ1v) is 12.2. The van der Waals surface area contributed by atoms with Crippen molar-refractivity contribution in [1.29, 1.82) is 0 Å². The molecule has 0 saturated carbocycles. The largest absolute Gasteiger partial charge is 0.467 e. The first-order valence-electron chi connectivity index (χ1n) is 11.2. The number of carbonyl (C=O) groups excluding carboxylic acids is 1. The lowest BCUT2D eigenvalue weighted by Crippen LogP contribution is -2.21. The monoisotopic (exact) mass is 474 g/mol. The van der Waals surface area contributed by atoms with Crippen molar-refractivity contribution in [3.63, 3.8) is 0 Å². The molecule has 7 heteroatoms. The van der Waals surface area contributed by atoms with Crippen molar-refractivity contribution in [1.82, 2.24) is 19.7 Å². The number of hydrogen-bond acceptors (Lipinski definition) is 5. The van der Waals surface area contributed by atoms with Crippen molar-refractivity contribution in [3.05, 3.63) is 89.4 Å². The minimum atomic E-state index is -0.00572. The van der Waals surface area contributed by atoms with E-state index in [1.807, 2.05) is 36.4 Å². The van der Waals surface area contributed by atoms with Gasteiger partial charge in [0.2, 0.25) is 0 Å². The maximum atomic E-state index is 12.3. The Labute approximate surface area is 205 Å². The Morgan fingerprint density at radius 3 is 2.44 bits per heavy atom. The molecule has 0 aliphatic heterocycles. The van der Waals surface area contributed by atoms with E-state index in [2.05, 4.69) is 59.8 Å². The Morgan fingerprint density at radius 2 is 1.79 bits per heavy atom. The van der Waals surface area contributed by atoms with Crippen molar-refractivity contribution in [2.75, 3.05) is 14.1 Å². The molecule has 0 aliphatic rings. The van der Waals surface area contributed by atoms with E-state index in [0.29, 0.717) is 17.9 Å². The Hall–Kier alpha value is -3.32. The highest BCUT2D eigenvalue weighted by molar-refractivity contribution is 7.98. The number of aromatic nitrogens is 3. The smallest absolute Gasteiger partial charge is 0.253 e. The molecule has 2 aromatic carbocycles. The highest BCUT2D eigenvalue weighted by atomic mass is 32.2. The lowest BCUT2D eigenvalue weighted by atomic mass is 9.87. The molecule has 2 heterocycles. The molecule has 4 rings (SSSR count). The van der Waals surface area contributed by atoms with Crippen LogP contribution < -0.4 is 0 Å². The summed E-state index contributed by atoms with van der Waals surface area (Å²) in [6, 6.07) is 20.1. The second-order valence-corrected chi connectivity index (χ2v) is 10.4. The van der Waals surface area contributed by atoms with Gasteiger partial charge in [-0.3, -0.25) is 9.36 Å². The molecular weight excluding hydrogens is 444 g/mol. The second kappa shape index (κ2) is 9.89. The van der Waals surface area contributed by atoms with Crippen molar-refractivity contribution >= 4 is 17.7 Å². The van der Waals surface area contributed by atoms with Crippen LogP contribution in [0.25, 0.3) is 11.4 Å². The van der Waals surface area contributed by atoms with Gasteiger partial charge >= 0.3 is 0 Å². The number of thioether (sulfide) groups is 1. The SMILES string of the molecule is CN(C)C(=O)c1cccc(CSc2nnc(-c3ccc(C(C)(C)C)cc3)n2Cc2ccco2)c1. The molecule has 176 valence electrons. The molecule has 0 radical (unpaired) electrons. The molecule has 4 aromatic rings. The third-order valence-corrected chi connectivity index (χ3v) is 6.61. The topological polar surface area (TPSA) is 64.2 Å². The normalized spacial score (nSPS) is 11.6. The summed E-state index contributed by atoms with van der Waals surface area (Å²) in [6.07, 6.45) is 1.68. The molecule has 0 bridgehead atoms. The summed E-state index contributed by atoms with van der Waals surface area (Å²) in [7, 11) is 3.52. The zero-order valence-corrected chi connectivity index (χ0v) is 21.1. The summed E-state index contributed by atoms with van der Waals surface area (Å²) in [5.41, 5.74) is 4.11. The van der Waals surface area contributed by atoms with E-state index in [1.54, 1.807) is 37.0 Å². The van der Waals surface area contributed by atoms with Crippen LogP contribution in [0.5, 0.6) is 0 Å². The maximum absolute atomic E-state index is 12.3. The van der Waals surface area contributed by atoms with E-state index in [0.717, 1.165) is 27.9 Å². The van der Waals surface area contributed by atoms with Crippen LogP contribution in [0.15, 0.2) is 76.5 Å². The Balaban J connectivity index is 1.61. The van der Waals surface area contributed by atoms with Gasteiger partial charge in [0, 0.05) is 31.0 Å². The van der Waals surface area contributed by atoms with Crippen molar-refractivity contribution in [2.45, 2.75) is 43.6 Å². The van der Waals surface area contributed by atoms with E-state index in [-0.39, 0.29) is 11.3 Å². The quantitative estimate of drug-likeness (QED) is 0.313. The Kier molecular flexibility index (Phi) is 6.93. The van der Waals surface area contributed by atoms with E-state index in [9.17, 15) is 4.79 Å². The van der Waals surface area contributed by atoms with Crippen molar-refractivity contribution < 1.29 is 9.21 Å². The minimum Gasteiger partial charge on any atom is -0.467 e. The van der Waals surface area contributed by atoms with Gasteiger partial charge in [-0.05, 0) is 40.8 Å². The van der Waals surface area contributed by atoms with Gasteiger partial charge in [0.15, 0.2) is 11.0 Å². The van der Waals surface area contributed by atoms with Gasteiger partial charge in [0.1, 0.15) is 5.76 Å². The van der Waals surface area contributed by atoms with Crippen LogP contribution in [-0.2, 0) is 17.7 Å². The molecule has 0 atom stereocenters. The Morgan fingerprint density at radius 1 is 1.03 bits per heavy atom. The Bertz CT molecular complexity index is 1250. The van der Waals surface area contributed by atoms with Crippen molar-refractivity contribution in [3.8, 4) is 11.4 Å². The van der Waals surface area contributed by atoms with Gasteiger partial charge in [-0.15, -0.1) is 10.2 Å². The zero-order chi connectivity index (χ0) is 24.3. The van der Waals surface area contributed by atoms with E-state index >= 15 is 0 Å². The number of carbonyl (C=O) groups is 1. The first kappa shape index (κ1) is 23.8. The van der Waals surface area contributed by atoms with Crippen LogP contribution in [0.1, 0.15) is 48.0 Å². The molecule has 0 spiro atoms. The van der Waals surface area contributed by atoms with Gasteiger partial charge in [0.05, 0.1) is 12.8 Å². The third-order valence-electron chi connectivity index (χ3n) is 5.57. The summed E-state index contributed by atoms with van der Waals surface area (Å²) in [6.45, 7) is 7.16. The third kappa shape index (κ3) is 5.42. The second-order valence-electron chi connectivity index (χ2n) is 9.49. The van der Waals surface area contributed by atoms with E-state index in [1.165, 1.54) is 5.56 Å². The molecule has 1 amide bonds. The minimum absolute atomic E-state index is 0.00572. The van der Waals surface area contributed by atoms with Crippen LogP contribution in [-0.4, -0.2) is 39.7 Å². The number of nitrogens with zero attached hydrogens (tertiary/aromatic N) is 4. The number of furan rings is 1. The van der Waals surface area contributed by atoms with Crippen LogP contribution in [0.3, 0.4) is 0 Å². The standard InChI is InChI=1S/C27H30N4O2S/c1-27(2,3)22-13-11-20(12-14-22)24-28-29-26(31(24)17-23-10-7-15-33-23)34-18-19-8-6-9-21(16-19)25(32)30(4)5/h6-16H,17-18H2,1-5H3. The average molecular weight is 475 g/mol. The summed E-state index contributed by atoms with van der Waals surface area (Å²) < 4.78 is 7.70. The average Bonchev–Trinajstić information content (AvgIpc) is 3.47. The molecule has 0 aliphatic carbocycles.